The molecule has 1 aliphatic heterocycles. The molecule has 1 saturated heterocycles. The Kier molecular flexibility index (Phi) is 4.80. The zero-order chi connectivity index (χ0) is 18.1. The quantitative estimate of drug-likeness (QED) is 0.738. The molecule has 3 N–H and O–H groups in total. The van der Waals surface area contributed by atoms with Crippen molar-refractivity contribution in [1.29, 1.82) is 0 Å². The van der Waals surface area contributed by atoms with E-state index in [0.29, 0.717) is 13.1 Å². The van der Waals surface area contributed by atoms with Crippen LogP contribution in [0, 0.1) is 5.82 Å². The maximum atomic E-state index is 13.5. The van der Waals surface area contributed by atoms with E-state index in [4.69, 9.17) is 22.3 Å². The molecule has 0 unspecified atom stereocenters. The highest BCUT2D eigenvalue weighted by Gasteiger charge is 2.19. The van der Waals surface area contributed by atoms with Gasteiger partial charge in [-0.3, -0.25) is 0 Å². The van der Waals surface area contributed by atoms with Crippen LogP contribution in [0.3, 0.4) is 0 Å². The molecule has 5 nitrogen and oxygen atoms in total. The van der Waals surface area contributed by atoms with Gasteiger partial charge in [-0.05, 0) is 35.4 Å². The lowest BCUT2D eigenvalue weighted by Crippen LogP contribution is -2.44. The molecule has 0 spiro atoms. The maximum absolute atomic E-state index is 13.5. The van der Waals surface area contributed by atoms with Crippen molar-refractivity contribution in [3.63, 3.8) is 0 Å². The molecule has 0 atom stereocenters. The van der Waals surface area contributed by atoms with Gasteiger partial charge in [-0.25, -0.2) is 9.37 Å². The van der Waals surface area contributed by atoms with Crippen LogP contribution in [0.25, 0.3) is 11.0 Å². The lowest BCUT2D eigenvalue weighted by Gasteiger charge is -2.29. The lowest BCUT2D eigenvalue weighted by atomic mass is 10.2. The molecule has 0 amide bonds. The molecule has 0 bridgehead atoms. The Balaban J connectivity index is 1.79. The van der Waals surface area contributed by atoms with Crippen molar-refractivity contribution < 1.29 is 4.39 Å². The van der Waals surface area contributed by atoms with Crippen LogP contribution in [0.2, 0.25) is 5.02 Å². The Labute approximate surface area is 156 Å². The van der Waals surface area contributed by atoms with Crippen molar-refractivity contribution in [2.75, 3.05) is 31.1 Å². The van der Waals surface area contributed by atoms with E-state index >= 15 is 0 Å². The number of benzene rings is 2. The minimum Gasteiger partial charge on any atom is -0.340 e. The van der Waals surface area contributed by atoms with E-state index in [1.165, 1.54) is 6.07 Å². The maximum Gasteiger partial charge on any atom is 0.206 e. The zero-order valence-corrected chi connectivity index (χ0v) is 15.1. The molecule has 26 heavy (non-hydrogen) atoms. The van der Waals surface area contributed by atoms with Crippen molar-refractivity contribution in [2.24, 2.45) is 5.73 Å². The number of nitrogens with two attached hydrogens (primary N) is 1. The summed E-state index contributed by atoms with van der Waals surface area (Å²) in [6.45, 7) is 4.73. The Morgan fingerprint density at radius 3 is 2.62 bits per heavy atom. The number of aromatic nitrogens is 2. The first-order chi connectivity index (χ1) is 12.7. The Bertz CT molecular complexity index is 933. The second-order valence-corrected chi connectivity index (χ2v) is 6.92. The molecule has 136 valence electrons. The second kappa shape index (κ2) is 7.23. The first-order valence-corrected chi connectivity index (χ1v) is 9.12. The summed E-state index contributed by atoms with van der Waals surface area (Å²) < 4.78 is 15.7. The fourth-order valence-electron chi connectivity index (χ4n) is 3.37. The molecule has 1 fully saturated rings. The molecule has 7 heteroatoms. The number of hydrogen-bond acceptors (Lipinski definition) is 4. The van der Waals surface area contributed by atoms with Gasteiger partial charge in [0, 0.05) is 32.7 Å². The smallest absolute Gasteiger partial charge is 0.206 e. The van der Waals surface area contributed by atoms with Crippen molar-refractivity contribution in [3.8, 4) is 0 Å². The summed E-state index contributed by atoms with van der Waals surface area (Å²) in [6.07, 6.45) is 0. The number of rotatable bonds is 4. The van der Waals surface area contributed by atoms with E-state index in [1.54, 1.807) is 12.1 Å². The number of halogens is 2. The second-order valence-electron chi connectivity index (χ2n) is 6.51. The van der Waals surface area contributed by atoms with Gasteiger partial charge in [0.05, 0.1) is 22.6 Å². The summed E-state index contributed by atoms with van der Waals surface area (Å²) in [6, 6.07) is 11.0. The third-order valence-corrected chi connectivity index (χ3v) is 5.04. The molecule has 0 radical (unpaired) electrons. The number of piperazine rings is 1. The van der Waals surface area contributed by atoms with Crippen molar-refractivity contribution >= 4 is 28.6 Å². The van der Waals surface area contributed by atoms with Crippen LogP contribution < -0.4 is 16.0 Å². The molecule has 3 aromatic rings. The molecular formula is C19H21ClFN5. The zero-order valence-electron chi connectivity index (χ0n) is 14.4. The van der Waals surface area contributed by atoms with Crippen molar-refractivity contribution in [2.45, 2.75) is 13.1 Å². The largest absolute Gasteiger partial charge is 0.340 e. The average molecular weight is 374 g/mol. The van der Waals surface area contributed by atoms with Crippen LogP contribution in [-0.2, 0) is 13.1 Å². The van der Waals surface area contributed by atoms with Gasteiger partial charge in [-0.2, -0.15) is 0 Å². The first-order valence-electron chi connectivity index (χ1n) is 8.74. The fraction of sp³-hybridized carbons (Fsp3) is 0.316. The summed E-state index contributed by atoms with van der Waals surface area (Å²) in [4.78, 5) is 7.16. The predicted octanol–water partition coefficient (Wildman–Crippen LogP) is 2.75. The van der Waals surface area contributed by atoms with E-state index in [1.807, 2.05) is 12.1 Å². The van der Waals surface area contributed by atoms with Gasteiger partial charge in [0.15, 0.2) is 0 Å². The van der Waals surface area contributed by atoms with Gasteiger partial charge in [0.2, 0.25) is 5.95 Å². The number of nitrogens with zero attached hydrogens (tertiary/aromatic N) is 3. The summed E-state index contributed by atoms with van der Waals surface area (Å²) in [5.74, 6) is 0.525. The number of hydrogen-bond donors (Lipinski definition) is 2. The number of nitrogens with one attached hydrogen (secondary N) is 1. The normalized spacial score (nSPS) is 15.0. The van der Waals surface area contributed by atoms with E-state index in [-0.39, 0.29) is 5.02 Å². The first kappa shape index (κ1) is 17.3. The van der Waals surface area contributed by atoms with E-state index < -0.39 is 5.82 Å². The Morgan fingerprint density at radius 1 is 1.12 bits per heavy atom. The van der Waals surface area contributed by atoms with Crippen LogP contribution in [0.5, 0.6) is 0 Å². The average Bonchev–Trinajstić information content (AvgIpc) is 3.03. The summed E-state index contributed by atoms with van der Waals surface area (Å²) in [5.41, 5.74) is 9.74. The van der Waals surface area contributed by atoms with Crippen LogP contribution in [0.4, 0.5) is 10.3 Å². The highest BCUT2D eigenvalue weighted by molar-refractivity contribution is 6.30. The predicted molar refractivity (Wildman–Crippen MR) is 103 cm³/mol. The van der Waals surface area contributed by atoms with Crippen LogP contribution in [0.15, 0.2) is 36.4 Å². The number of imidazole rings is 1. The molecular weight excluding hydrogens is 353 g/mol. The van der Waals surface area contributed by atoms with E-state index in [9.17, 15) is 4.39 Å². The SMILES string of the molecule is NCc1ccc2c(c1)nc(N1CCNCC1)n2Cc1ccc(F)c(Cl)c1. The minimum absolute atomic E-state index is 0.140. The molecule has 0 aliphatic carbocycles. The fourth-order valence-corrected chi connectivity index (χ4v) is 3.58. The number of fused-ring (bicyclic) bond motifs is 1. The van der Waals surface area contributed by atoms with Gasteiger partial charge in [-0.1, -0.05) is 23.7 Å². The van der Waals surface area contributed by atoms with Crippen LogP contribution in [0.1, 0.15) is 11.1 Å². The van der Waals surface area contributed by atoms with Crippen LogP contribution in [-0.4, -0.2) is 35.7 Å². The Morgan fingerprint density at radius 2 is 1.88 bits per heavy atom. The molecule has 2 heterocycles. The standard InChI is InChI=1S/C19H21ClFN5/c20-15-9-14(1-3-16(15)21)12-26-18-4-2-13(11-22)10-17(18)24-19(26)25-7-5-23-6-8-25/h1-4,9-10,23H,5-8,11-12,22H2. The molecule has 2 aromatic carbocycles. The number of anilines is 1. The highest BCUT2D eigenvalue weighted by atomic mass is 35.5. The molecule has 1 aromatic heterocycles. The van der Waals surface area contributed by atoms with Gasteiger partial charge >= 0.3 is 0 Å². The van der Waals surface area contributed by atoms with E-state index in [2.05, 4.69) is 20.9 Å². The van der Waals surface area contributed by atoms with Gasteiger partial charge < -0.3 is 20.5 Å². The summed E-state index contributed by atoms with van der Waals surface area (Å²) >= 11 is 5.97. The minimum atomic E-state index is -0.402. The molecule has 4 rings (SSSR count). The van der Waals surface area contributed by atoms with Gasteiger partial charge in [0.25, 0.3) is 0 Å². The monoisotopic (exact) mass is 373 g/mol. The van der Waals surface area contributed by atoms with Gasteiger partial charge in [-0.15, -0.1) is 0 Å². The van der Waals surface area contributed by atoms with Crippen molar-refractivity contribution in [3.05, 3.63) is 58.4 Å². The third-order valence-electron chi connectivity index (χ3n) is 4.75. The summed E-state index contributed by atoms with van der Waals surface area (Å²) in [5, 5.41) is 3.50. The third kappa shape index (κ3) is 3.28. The highest BCUT2D eigenvalue weighted by Crippen LogP contribution is 2.26. The lowest BCUT2D eigenvalue weighted by molar-refractivity contribution is 0.571. The topological polar surface area (TPSA) is 59.1 Å². The Hall–Kier alpha value is -2.15. The summed E-state index contributed by atoms with van der Waals surface area (Å²) in [7, 11) is 0. The van der Waals surface area contributed by atoms with Crippen molar-refractivity contribution in [1.82, 2.24) is 14.9 Å². The molecule has 1 aliphatic rings. The molecule has 0 saturated carbocycles. The van der Waals surface area contributed by atoms with Gasteiger partial charge in [0.1, 0.15) is 5.82 Å². The van der Waals surface area contributed by atoms with E-state index in [0.717, 1.165) is 54.3 Å². The van der Waals surface area contributed by atoms with Crippen LogP contribution >= 0.6 is 11.6 Å².